The molecule has 1 aliphatic heterocycles. The van der Waals surface area contributed by atoms with E-state index in [9.17, 15) is 28.1 Å². The number of aliphatic hydroxyl groups excluding tert-OH is 1. The van der Waals surface area contributed by atoms with Crippen LogP contribution < -0.4 is 4.31 Å². The molecule has 0 amide bonds. The molecule has 6 rings (SSSR count). The van der Waals surface area contributed by atoms with Gasteiger partial charge in [-0.05, 0) is 83.1 Å². The van der Waals surface area contributed by atoms with Gasteiger partial charge in [-0.25, -0.2) is 12.8 Å². The van der Waals surface area contributed by atoms with E-state index in [0.717, 1.165) is 11.1 Å². The third kappa shape index (κ3) is 5.59. The number of halogens is 1. The molecule has 0 aromatic heterocycles. The van der Waals surface area contributed by atoms with Gasteiger partial charge in [0.25, 0.3) is 0 Å². The quantitative estimate of drug-likeness (QED) is 0.174. The van der Waals surface area contributed by atoms with Crippen LogP contribution in [-0.4, -0.2) is 29.0 Å². The molecule has 0 spiro atoms. The van der Waals surface area contributed by atoms with Gasteiger partial charge in [-0.1, -0.05) is 78.9 Å². The van der Waals surface area contributed by atoms with Crippen molar-refractivity contribution >= 4 is 15.7 Å². The lowest BCUT2D eigenvalue weighted by Crippen LogP contribution is -2.58. The van der Waals surface area contributed by atoms with Crippen LogP contribution in [0.15, 0.2) is 121 Å². The highest BCUT2D eigenvalue weighted by atomic mass is 32.2. The molecule has 0 aliphatic carbocycles. The Morgan fingerprint density at radius 3 is 2.02 bits per heavy atom. The monoisotopic (exact) mass is 595 g/mol. The van der Waals surface area contributed by atoms with Crippen LogP contribution in [-0.2, 0) is 10.0 Å². The minimum absolute atomic E-state index is 0.0734. The molecule has 218 valence electrons. The highest BCUT2D eigenvalue weighted by Crippen LogP contribution is 2.50. The Labute approximate surface area is 250 Å². The fraction of sp³-hybridized carbons (Fsp3) is 0.143. The highest BCUT2D eigenvalue weighted by molar-refractivity contribution is 7.95. The summed E-state index contributed by atoms with van der Waals surface area (Å²) in [5.41, 5.74) is 4.72. The van der Waals surface area contributed by atoms with Crippen molar-refractivity contribution < 1.29 is 28.1 Å². The van der Waals surface area contributed by atoms with Crippen LogP contribution in [0, 0.1) is 5.82 Å². The molecule has 0 saturated carbocycles. The normalized spacial score (nSPS) is 18.1. The zero-order valence-electron chi connectivity index (χ0n) is 23.1. The second-order valence-electron chi connectivity index (χ2n) is 10.7. The Bertz CT molecular complexity index is 1840. The molecule has 3 N–H and O–H groups in total. The molecule has 1 heterocycles. The number of benzene rings is 5. The number of phenols is 2. The van der Waals surface area contributed by atoms with E-state index in [0.29, 0.717) is 27.9 Å². The largest absolute Gasteiger partial charge is 0.508 e. The maximum absolute atomic E-state index is 13.8. The van der Waals surface area contributed by atoms with Crippen molar-refractivity contribution in [2.45, 2.75) is 30.2 Å². The average molecular weight is 596 g/mol. The second-order valence-corrected chi connectivity index (χ2v) is 12.7. The minimum Gasteiger partial charge on any atom is -0.508 e. The molecule has 6 nitrogen and oxygen atoms in total. The van der Waals surface area contributed by atoms with E-state index < -0.39 is 33.2 Å². The Balaban J connectivity index is 1.34. The number of anilines is 1. The lowest BCUT2D eigenvalue weighted by atomic mass is 9.93. The summed E-state index contributed by atoms with van der Waals surface area (Å²) in [4.78, 5) is 0. The summed E-state index contributed by atoms with van der Waals surface area (Å²) in [5, 5.41) is 31.0. The number of hydrogen-bond donors (Lipinski definition) is 3. The van der Waals surface area contributed by atoms with Gasteiger partial charge < -0.3 is 15.3 Å². The predicted molar refractivity (Wildman–Crippen MR) is 166 cm³/mol. The van der Waals surface area contributed by atoms with Crippen molar-refractivity contribution in [1.82, 2.24) is 0 Å². The molecule has 1 saturated heterocycles. The predicted octanol–water partition coefficient (Wildman–Crippen LogP) is 7.34. The van der Waals surface area contributed by atoms with Gasteiger partial charge >= 0.3 is 0 Å². The zero-order valence-corrected chi connectivity index (χ0v) is 23.9. The maximum atomic E-state index is 13.8. The molecule has 1 fully saturated rings. The van der Waals surface area contributed by atoms with Crippen molar-refractivity contribution in [2.75, 3.05) is 4.31 Å². The van der Waals surface area contributed by atoms with Gasteiger partial charge in [0, 0.05) is 5.56 Å². The smallest absolute Gasteiger partial charge is 0.241 e. The summed E-state index contributed by atoms with van der Waals surface area (Å²) in [6.45, 7) is 0. The molecule has 0 radical (unpaired) electrons. The van der Waals surface area contributed by atoms with E-state index in [-0.39, 0.29) is 24.3 Å². The van der Waals surface area contributed by atoms with Crippen molar-refractivity contribution in [3.05, 3.63) is 138 Å². The number of phenolic OH excluding ortho intramolecular Hbond substituents is 2. The minimum atomic E-state index is -3.84. The van der Waals surface area contributed by atoms with Crippen molar-refractivity contribution in [3.8, 4) is 33.8 Å². The number of nitrogens with zero attached hydrogens (tertiary/aromatic N) is 1. The molecular formula is C35H30FNO5S. The summed E-state index contributed by atoms with van der Waals surface area (Å²) in [6.07, 6.45) is -0.718. The highest BCUT2D eigenvalue weighted by Gasteiger charge is 2.55. The molecule has 0 bridgehead atoms. The number of aliphatic hydroxyl groups is 1. The Morgan fingerprint density at radius 2 is 1.35 bits per heavy atom. The van der Waals surface area contributed by atoms with Gasteiger partial charge in [0.05, 0.1) is 17.8 Å². The summed E-state index contributed by atoms with van der Waals surface area (Å²) in [6, 6.07) is 33.5. The summed E-state index contributed by atoms with van der Waals surface area (Å²) in [7, 11) is -3.84. The molecule has 5 aromatic carbocycles. The molecule has 3 atom stereocenters. The average Bonchev–Trinajstić information content (AvgIpc) is 3.01. The molecule has 0 unspecified atom stereocenters. The Morgan fingerprint density at radius 1 is 0.721 bits per heavy atom. The van der Waals surface area contributed by atoms with Crippen molar-refractivity contribution in [1.29, 1.82) is 0 Å². The number of aromatic hydroxyl groups is 2. The zero-order chi connectivity index (χ0) is 30.1. The van der Waals surface area contributed by atoms with Crippen LogP contribution in [0.5, 0.6) is 11.5 Å². The van der Waals surface area contributed by atoms with Gasteiger partial charge in [-0.3, -0.25) is 4.31 Å². The van der Waals surface area contributed by atoms with Gasteiger partial charge in [0.2, 0.25) is 10.0 Å². The van der Waals surface area contributed by atoms with Crippen LogP contribution >= 0.6 is 0 Å². The third-order valence-corrected chi connectivity index (χ3v) is 10.2. The summed E-state index contributed by atoms with van der Waals surface area (Å²) < 4.78 is 42.3. The first-order valence-corrected chi connectivity index (χ1v) is 15.5. The number of rotatable bonds is 8. The fourth-order valence-corrected chi connectivity index (χ4v) is 7.88. The van der Waals surface area contributed by atoms with E-state index in [1.807, 2.05) is 48.5 Å². The van der Waals surface area contributed by atoms with Crippen molar-refractivity contribution in [3.63, 3.8) is 0 Å². The van der Waals surface area contributed by atoms with E-state index in [1.165, 1.54) is 28.6 Å². The molecule has 8 heteroatoms. The SMILES string of the molecule is O=S1(=O)[C@H](CC[C@H](O)c2ccc(F)cc2)[C@@H](c2ccc(-c3cccc(O)c3)cc2O)N1c1ccc(-c2ccccc2)cc1. The third-order valence-electron chi connectivity index (χ3n) is 8.00. The first-order valence-electron chi connectivity index (χ1n) is 14.0. The first kappa shape index (κ1) is 28.5. The van der Waals surface area contributed by atoms with E-state index in [2.05, 4.69) is 0 Å². The van der Waals surface area contributed by atoms with Crippen LogP contribution in [0.3, 0.4) is 0 Å². The number of hydrogen-bond acceptors (Lipinski definition) is 5. The summed E-state index contributed by atoms with van der Waals surface area (Å²) >= 11 is 0. The second kappa shape index (κ2) is 11.6. The standard InChI is InChI=1S/C35H30FNO5S/c36-28-14-9-25(10-15-28)32(39)19-20-34-35(31-18-13-27(22-33(31)40)26-7-4-8-30(38)21-26)37(43(34,41)42)29-16-11-24(12-17-29)23-5-2-1-3-6-23/h1-18,21-22,32,34-35,38-40H,19-20H2/t32-,34+,35+/m0/s1. The maximum Gasteiger partial charge on any atom is 0.241 e. The molecule has 43 heavy (non-hydrogen) atoms. The molecule has 1 aliphatic rings. The summed E-state index contributed by atoms with van der Waals surface area (Å²) in [5.74, 6) is -0.400. The first-order chi connectivity index (χ1) is 20.7. The Kier molecular flexibility index (Phi) is 7.64. The van der Waals surface area contributed by atoms with Gasteiger partial charge in [0.1, 0.15) is 22.6 Å². The fourth-order valence-electron chi connectivity index (χ4n) is 5.76. The van der Waals surface area contributed by atoms with Gasteiger partial charge in [-0.2, -0.15) is 0 Å². The van der Waals surface area contributed by atoms with E-state index >= 15 is 0 Å². The molecular weight excluding hydrogens is 565 g/mol. The number of sulfonamides is 1. The van der Waals surface area contributed by atoms with E-state index in [1.54, 1.807) is 48.5 Å². The van der Waals surface area contributed by atoms with Crippen molar-refractivity contribution in [2.24, 2.45) is 0 Å². The van der Waals surface area contributed by atoms with Crippen LogP contribution in [0.4, 0.5) is 10.1 Å². The topological polar surface area (TPSA) is 98.1 Å². The lowest BCUT2D eigenvalue weighted by molar-refractivity contribution is 0.162. The molecule has 5 aromatic rings. The van der Waals surface area contributed by atoms with Crippen LogP contribution in [0.1, 0.15) is 36.1 Å². The lowest BCUT2D eigenvalue weighted by Gasteiger charge is -2.48. The van der Waals surface area contributed by atoms with Gasteiger partial charge in [-0.15, -0.1) is 0 Å². The van der Waals surface area contributed by atoms with Gasteiger partial charge in [0.15, 0.2) is 0 Å². The Hall–Kier alpha value is -4.66. The van der Waals surface area contributed by atoms with Crippen LogP contribution in [0.25, 0.3) is 22.3 Å². The van der Waals surface area contributed by atoms with Crippen LogP contribution in [0.2, 0.25) is 0 Å². The van der Waals surface area contributed by atoms with E-state index in [4.69, 9.17) is 0 Å².